The summed E-state index contributed by atoms with van der Waals surface area (Å²) in [5, 5.41) is 9.71. The highest BCUT2D eigenvalue weighted by atomic mass is 16.6. The van der Waals surface area contributed by atoms with Crippen molar-refractivity contribution in [2.45, 2.75) is 354 Å². The van der Waals surface area contributed by atoms with E-state index in [-0.39, 0.29) is 25.2 Å². The summed E-state index contributed by atoms with van der Waals surface area (Å²) in [5.74, 6) is -0.578. The predicted molar refractivity (Wildman–Crippen MR) is 371 cm³/mol. The lowest BCUT2D eigenvalue weighted by Crippen LogP contribution is -2.28. The molecule has 0 radical (unpaired) electrons. The van der Waals surface area contributed by atoms with Gasteiger partial charge in [0.15, 0.2) is 6.10 Å². The Kier molecular flexibility index (Phi) is 70.3. The molecule has 0 aliphatic carbocycles. The van der Waals surface area contributed by atoms with E-state index in [1.165, 1.54) is 218 Å². The van der Waals surface area contributed by atoms with Crippen molar-refractivity contribution in [1.82, 2.24) is 0 Å². The van der Waals surface area contributed by atoms with Gasteiger partial charge in [0.1, 0.15) is 6.61 Å². The number of unbranched alkanes of at least 4 members (excludes halogenated alkanes) is 38. The molecule has 0 spiro atoms. The molecule has 1 atom stereocenters. The van der Waals surface area contributed by atoms with Crippen LogP contribution in [-0.2, 0) is 19.1 Å². The van der Waals surface area contributed by atoms with Crippen molar-refractivity contribution in [3.8, 4) is 0 Å². The van der Waals surface area contributed by atoms with Crippen LogP contribution in [0.4, 0.5) is 0 Å². The van der Waals surface area contributed by atoms with Crippen molar-refractivity contribution < 1.29 is 24.2 Å². The number of aliphatic hydroxyl groups excluding tert-OH is 1. The average Bonchev–Trinajstić information content (AvgIpc) is 3.51. The van der Waals surface area contributed by atoms with Crippen molar-refractivity contribution in [3.63, 3.8) is 0 Å². The number of hydrogen-bond acceptors (Lipinski definition) is 5. The van der Waals surface area contributed by atoms with Crippen molar-refractivity contribution in [3.05, 3.63) is 122 Å². The summed E-state index contributed by atoms with van der Waals surface area (Å²) in [6, 6.07) is 0. The molecule has 0 fully saturated rings. The highest BCUT2D eigenvalue weighted by Crippen LogP contribution is 2.18. The predicted octanol–water partition coefficient (Wildman–Crippen LogP) is 25.3. The van der Waals surface area contributed by atoms with Gasteiger partial charge in [-0.1, -0.05) is 354 Å². The standard InChI is InChI=1S/C79H136O5/c1-3-5-7-9-11-13-15-17-19-21-23-25-27-29-31-33-35-37-39-41-43-45-47-49-51-53-55-57-59-61-63-65-67-69-71-73-78(81)83-76-77(75-80)84-79(82)74-72-70-68-66-64-62-60-58-56-54-52-50-48-46-44-42-40-38-36-34-32-30-28-26-24-22-20-18-16-14-12-10-8-6-4-2/h5-8,11-14,17-20,23-26,30,32,36,38,77,80H,3-4,9-10,15-16,21-22,27-29,31,33-35,37,39-76H2,1-2H3/b7-5-,8-6-,13-11-,14-12-,19-17-,20-18-,25-23-,26-24-,32-30-,38-36-. The average molecular weight is 1170 g/mol. The van der Waals surface area contributed by atoms with Crippen LogP contribution in [0, 0.1) is 0 Å². The molecule has 0 rings (SSSR count). The summed E-state index contributed by atoms with van der Waals surface area (Å²) >= 11 is 0. The molecule has 1 unspecified atom stereocenters. The van der Waals surface area contributed by atoms with Crippen LogP contribution in [0.5, 0.6) is 0 Å². The smallest absolute Gasteiger partial charge is 0.306 e. The number of ether oxygens (including phenoxy) is 2. The van der Waals surface area contributed by atoms with Crippen LogP contribution in [0.1, 0.15) is 348 Å². The Morgan fingerprint density at radius 2 is 0.476 bits per heavy atom. The van der Waals surface area contributed by atoms with Gasteiger partial charge in [-0.25, -0.2) is 0 Å². The Morgan fingerprint density at radius 1 is 0.274 bits per heavy atom. The van der Waals surface area contributed by atoms with Crippen LogP contribution in [-0.4, -0.2) is 36.4 Å². The van der Waals surface area contributed by atoms with E-state index in [0.717, 1.165) is 103 Å². The van der Waals surface area contributed by atoms with Crippen molar-refractivity contribution in [2.24, 2.45) is 0 Å². The zero-order chi connectivity index (χ0) is 60.5. The van der Waals surface area contributed by atoms with Crippen LogP contribution < -0.4 is 0 Å². The Hall–Kier alpha value is -3.70. The molecule has 0 aliphatic rings. The van der Waals surface area contributed by atoms with Gasteiger partial charge in [0.25, 0.3) is 0 Å². The molecule has 5 nitrogen and oxygen atoms in total. The molecule has 0 amide bonds. The van der Waals surface area contributed by atoms with E-state index in [1.807, 2.05) is 0 Å². The van der Waals surface area contributed by atoms with Crippen molar-refractivity contribution in [1.29, 1.82) is 0 Å². The highest BCUT2D eigenvalue weighted by molar-refractivity contribution is 5.70. The van der Waals surface area contributed by atoms with Crippen LogP contribution in [0.25, 0.3) is 0 Å². The van der Waals surface area contributed by atoms with E-state index in [1.54, 1.807) is 0 Å². The maximum absolute atomic E-state index is 12.4. The van der Waals surface area contributed by atoms with Crippen molar-refractivity contribution >= 4 is 11.9 Å². The third kappa shape index (κ3) is 70.8. The molecule has 84 heavy (non-hydrogen) atoms. The first-order valence-corrected chi connectivity index (χ1v) is 36.1. The third-order valence-corrected chi connectivity index (χ3v) is 15.8. The first kappa shape index (κ1) is 80.3. The van der Waals surface area contributed by atoms with Gasteiger partial charge in [0, 0.05) is 12.8 Å². The molecule has 1 N–H and O–H groups in total. The summed E-state index contributed by atoms with van der Waals surface area (Å²) in [6.45, 7) is 3.95. The van der Waals surface area contributed by atoms with Crippen LogP contribution in [0.15, 0.2) is 122 Å². The molecule has 0 aromatic rings. The SMILES string of the molecule is CC/C=C\C/C=C\C/C=C\C/C=C\C/C=C\C/C=C\CCCCCCCCCCCCCCCCCCC(=O)OC(CO)COC(=O)CCCCCCCCCCCCCCCCCCCCCCCC/C=C\C/C=C\C/C=C\C/C=C\CC. The molecule has 0 aliphatic heterocycles. The van der Waals surface area contributed by atoms with Crippen LogP contribution >= 0.6 is 0 Å². The number of esters is 2. The maximum atomic E-state index is 12.4. The molecule has 0 saturated carbocycles. The van der Waals surface area contributed by atoms with Gasteiger partial charge in [0.2, 0.25) is 0 Å². The first-order valence-electron chi connectivity index (χ1n) is 36.1. The normalized spacial score (nSPS) is 12.9. The molecular weight excluding hydrogens is 1030 g/mol. The Bertz CT molecular complexity index is 1650. The van der Waals surface area contributed by atoms with Gasteiger partial charge >= 0.3 is 11.9 Å². The largest absolute Gasteiger partial charge is 0.462 e. The number of allylic oxidation sites excluding steroid dienone is 20. The summed E-state index contributed by atoms with van der Waals surface area (Å²) in [4.78, 5) is 24.7. The van der Waals surface area contributed by atoms with Gasteiger partial charge in [-0.3, -0.25) is 9.59 Å². The fourth-order valence-corrected chi connectivity index (χ4v) is 10.4. The number of rotatable bonds is 66. The summed E-state index contributed by atoms with van der Waals surface area (Å²) < 4.78 is 10.8. The quantitative estimate of drug-likeness (QED) is 0.0373. The minimum Gasteiger partial charge on any atom is -0.462 e. The zero-order valence-corrected chi connectivity index (χ0v) is 55.4. The second-order valence-corrected chi connectivity index (χ2v) is 23.9. The monoisotopic (exact) mass is 1170 g/mol. The molecule has 5 heteroatoms. The summed E-state index contributed by atoms with van der Waals surface area (Å²) in [7, 11) is 0. The van der Waals surface area contributed by atoms with E-state index in [9.17, 15) is 14.7 Å². The van der Waals surface area contributed by atoms with Crippen LogP contribution in [0.3, 0.4) is 0 Å². The van der Waals surface area contributed by atoms with Gasteiger partial charge in [-0.15, -0.1) is 0 Å². The lowest BCUT2D eigenvalue weighted by Gasteiger charge is -2.15. The summed E-state index contributed by atoms with van der Waals surface area (Å²) in [6.07, 6.45) is 108. The van der Waals surface area contributed by atoms with Gasteiger partial charge in [-0.05, 0) is 103 Å². The fourth-order valence-electron chi connectivity index (χ4n) is 10.4. The van der Waals surface area contributed by atoms with Gasteiger partial charge < -0.3 is 14.6 Å². The maximum Gasteiger partial charge on any atom is 0.306 e. The lowest BCUT2D eigenvalue weighted by molar-refractivity contribution is -0.161. The van der Waals surface area contributed by atoms with Gasteiger partial charge in [-0.2, -0.15) is 0 Å². The number of carbonyl (C=O) groups excluding carboxylic acids is 2. The minimum atomic E-state index is -0.777. The summed E-state index contributed by atoms with van der Waals surface area (Å²) in [5.41, 5.74) is 0. The molecule has 0 aromatic carbocycles. The lowest BCUT2D eigenvalue weighted by atomic mass is 10.0. The molecular formula is C79H136O5. The minimum absolute atomic E-state index is 0.0657. The van der Waals surface area contributed by atoms with E-state index in [4.69, 9.17) is 9.47 Å². The van der Waals surface area contributed by atoms with E-state index < -0.39 is 6.10 Å². The number of carbonyl (C=O) groups is 2. The van der Waals surface area contributed by atoms with Crippen molar-refractivity contribution in [2.75, 3.05) is 13.2 Å². The number of aliphatic hydroxyl groups is 1. The second-order valence-electron chi connectivity index (χ2n) is 23.9. The van der Waals surface area contributed by atoms with Crippen LogP contribution in [0.2, 0.25) is 0 Å². The molecule has 482 valence electrons. The van der Waals surface area contributed by atoms with E-state index in [2.05, 4.69) is 135 Å². The number of hydrogen-bond donors (Lipinski definition) is 1. The Morgan fingerprint density at radius 3 is 0.714 bits per heavy atom. The third-order valence-electron chi connectivity index (χ3n) is 15.8. The topological polar surface area (TPSA) is 72.8 Å². The Labute approximate surface area is 522 Å². The van der Waals surface area contributed by atoms with E-state index >= 15 is 0 Å². The van der Waals surface area contributed by atoms with E-state index in [0.29, 0.717) is 12.8 Å². The molecule has 0 heterocycles. The Balaban J connectivity index is 3.44. The van der Waals surface area contributed by atoms with Gasteiger partial charge in [0.05, 0.1) is 6.61 Å². The molecule has 0 bridgehead atoms. The highest BCUT2D eigenvalue weighted by Gasteiger charge is 2.16. The fraction of sp³-hybridized carbons (Fsp3) is 0.722. The molecule has 0 aromatic heterocycles. The zero-order valence-electron chi connectivity index (χ0n) is 55.4. The molecule has 0 saturated heterocycles. The first-order chi connectivity index (χ1) is 41.6. The second kappa shape index (κ2) is 73.6.